The Labute approximate surface area is 183 Å². The van der Waals surface area contributed by atoms with E-state index in [2.05, 4.69) is 29.7 Å². The van der Waals surface area contributed by atoms with Crippen LogP contribution in [0.2, 0.25) is 0 Å². The van der Waals surface area contributed by atoms with Gasteiger partial charge in [0.1, 0.15) is 0 Å². The molecule has 0 aliphatic heterocycles. The molecule has 2 amide bonds. The summed E-state index contributed by atoms with van der Waals surface area (Å²) >= 11 is 0. The van der Waals surface area contributed by atoms with E-state index in [-0.39, 0.29) is 31.2 Å². The maximum atomic E-state index is 11.7. The Morgan fingerprint density at radius 1 is 0.633 bits per heavy atom. The lowest BCUT2D eigenvalue weighted by molar-refractivity contribution is -0.137. The van der Waals surface area contributed by atoms with Gasteiger partial charge in [-0.2, -0.15) is 0 Å². The van der Waals surface area contributed by atoms with Crippen molar-refractivity contribution >= 4 is 17.8 Å². The Bertz CT molecular complexity index is 478. The summed E-state index contributed by atoms with van der Waals surface area (Å²) in [5, 5.41) is 13.7. The van der Waals surface area contributed by atoms with Gasteiger partial charge in [-0.25, -0.2) is 0 Å². The van der Waals surface area contributed by atoms with Crippen LogP contribution >= 0.6 is 0 Å². The zero-order chi connectivity index (χ0) is 22.3. The topological polar surface area (TPSA) is 95.5 Å². The van der Waals surface area contributed by atoms with Crippen molar-refractivity contribution in [3.8, 4) is 0 Å². The van der Waals surface area contributed by atoms with Crippen molar-refractivity contribution in [3.63, 3.8) is 0 Å². The molecule has 0 radical (unpaired) electrons. The second-order valence-electron chi connectivity index (χ2n) is 7.93. The highest BCUT2D eigenvalue weighted by Gasteiger charge is 2.05. The van der Waals surface area contributed by atoms with Crippen LogP contribution in [-0.2, 0) is 14.4 Å². The standard InChI is InChI=1S/C24H44N2O4/c1-2-3-4-5-6-7-8-9-10-11-12-13-14-15-16-17-22(27)25-20-18-23(28)26-21-19-24(29)30/h9-10H,2-8,11-21H2,1H3,(H,25,27)(H,26,28)(H,29,30). The number of carbonyl (C=O) groups excluding carboxylic acids is 2. The van der Waals surface area contributed by atoms with Gasteiger partial charge in [-0.15, -0.1) is 0 Å². The van der Waals surface area contributed by atoms with E-state index in [1.165, 1.54) is 57.8 Å². The van der Waals surface area contributed by atoms with E-state index in [9.17, 15) is 14.4 Å². The molecule has 6 heteroatoms. The minimum atomic E-state index is -0.941. The summed E-state index contributed by atoms with van der Waals surface area (Å²) in [6.45, 7) is 2.67. The Morgan fingerprint density at radius 3 is 1.67 bits per heavy atom. The zero-order valence-corrected chi connectivity index (χ0v) is 19.1. The summed E-state index contributed by atoms with van der Waals surface area (Å²) in [6, 6.07) is 0. The van der Waals surface area contributed by atoms with E-state index >= 15 is 0 Å². The molecule has 3 N–H and O–H groups in total. The third-order valence-electron chi connectivity index (χ3n) is 5.00. The van der Waals surface area contributed by atoms with E-state index in [0.29, 0.717) is 13.0 Å². The van der Waals surface area contributed by atoms with Crippen molar-refractivity contribution in [1.82, 2.24) is 10.6 Å². The number of carboxylic acids is 1. The second kappa shape index (κ2) is 21.8. The number of rotatable bonds is 21. The van der Waals surface area contributed by atoms with Gasteiger partial charge in [-0.05, 0) is 32.1 Å². The van der Waals surface area contributed by atoms with Crippen molar-refractivity contribution in [2.75, 3.05) is 13.1 Å². The van der Waals surface area contributed by atoms with Crippen LogP contribution in [0.5, 0.6) is 0 Å². The molecule has 0 aromatic carbocycles. The minimum Gasteiger partial charge on any atom is -0.481 e. The van der Waals surface area contributed by atoms with Crippen LogP contribution in [0.3, 0.4) is 0 Å². The fraction of sp³-hybridized carbons (Fsp3) is 0.792. The lowest BCUT2D eigenvalue weighted by atomic mass is 10.1. The summed E-state index contributed by atoms with van der Waals surface area (Å²) in [5.74, 6) is -1.20. The van der Waals surface area contributed by atoms with E-state index in [0.717, 1.165) is 25.7 Å². The largest absolute Gasteiger partial charge is 0.481 e. The minimum absolute atomic E-state index is 0.0223. The Kier molecular flexibility index (Phi) is 20.5. The maximum absolute atomic E-state index is 11.7. The summed E-state index contributed by atoms with van der Waals surface area (Å²) in [5.41, 5.74) is 0. The summed E-state index contributed by atoms with van der Waals surface area (Å²) in [6.07, 6.45) is 21.3. The first-order valence-corrected chi connectivity index (χ1v) is 12.0. The molecule has 0 aromatic rings. The van der Waals surface area contributed by atoms with Crippen molar-refractivity contribution in [2.24, 2.45) is 0 Å². The van der Waals surface area contributed by atoms with Crippen LogP contribution in [0.4, 0.5) is 0 Å². The summed E-state index contributed by atoms with van der Waals surface area (Å²) in [4.78, 5) is 33.5. The molecule has 0 fully saturated rings. The van der Waals surface area contributed by atoms with Gasteiger partial charge in [0, 0.05) is 25.9 Å². The first kappa shape index (κ1) is 28.1. The number of carbonyl (C=O) groups is 3. The molecule has 174 valence electrons. The maximum Gasteiger partial charge on any atom is 0.305 e. The summed E-state index contributed by atoms with van der Waals surface area (Å²) < 4.78 is 0. The van der Waals surface area contributed by atoms with Gasteiger partial charge in [0.2, 0.25) is 11.8 Å². The molecule has 0 rings (SSSR count). The summed E-state index contributed by atoms with van der Waals surface area (Å²) in [7, 11) is 0. The SMILES string of the molecule is CCCCCCCCC=CCCCCCCCC(=O)NCCC(=O)NCCC(=O)O. The van der Waals surface area contributed by atoms with Gasteiger partial charge in [-0.3, -0.25) is 14.4 Å². The molecule has 0 aliphatic carbocycles. The average molecular weight is 425 g/mol. The zero-order valence-electron chi connectivity index (χ0n) is 19.1. The number of unbranched alkanes of at least 4 members (excludes halogenated alkanes) is 11. The molecule has 6 nitrogen and oxygen atoms in total. The van der Waals surface area contributed by atoms with Crippen molar-refractivity contribution in [1.29, 1.82) is 0 Å². The van der Waals surface area contributed by atoms with Gasteiger partial charge >= 0.3 is 5.97 Å². The molecule has 0 heterocycles. The Morgan fingerprint density at radius 2 is 1.10 bits per heavy atom. The van der Waals surface area contributed by atoms with Gasteiger partial charge in [-0.1, -0.05) is 70.4 Å². The van der Waals surface area contributed by atoms with Crippen molar-refractivity contribution < 1.29 is 19.5 Å². The van der Waals surface area contributed by atoms with Crippen LogP contribution in [0.25, 0.3) is 0 Å². The molecular weight excluding hydrogens is 380 g/mol. The smallest absolute Gasteiger partial charge is 0.305 e. The number of hydrogen-bond acceptors (Lipinski definition) is 3. The number of carboxylic acid groups (broad SMARTS) is 1. The monoisotopic (exact) mass is 424 g/mol. The van der Waals surface area contributed by atoms with Crippen molar-refractivity contribution in [2.45, 2.75) is 110 Å². The van der Waals surface area contributed by atoms with Crippen LogP contribution < -0.4 is 10.6 Å². The van der Waals surface area contributed by atoms with Gasteiger partial charge < -0.3 is 15.7 Å². The number of allylic oxidation sites excluding steroid dienone is 2. The third-order valence-corrected chi connectivity index (χ3v) is 5.00. The fourth-order valence-corrected chi connectivity index (χ4v) is 3.16. The van der Waals surface area contributed by atoms with E-state index in [1.807, 2.05) is 0 Å². The van der Waals surface area contributed by atoms with Gasteiger partial charge in [0.25, 0.3) is 0 Å². The average Bonchev–Trinajstić information content (AvgIpc) is 2.70. The van der Waals surface area contributed by atoms with Crippen LogP contribution in [0.15, 0.2) is 12.2 Å². The molecule has 0 aliphatic rings. The van der Waals surface area contributed by atoms with Gasteiger partial charge in [0.15, 0.2) is 0 Å². The molecule has 0 saturated heterocycles. The first-order chi connectivity index (χ1) is 14.6. The van der Waals surface area contributed by atoms with E-state index in [4.69, 9.17) is 5.11 Å². The molecule has 0 unspecified atom stereocenters. The molecule has 0 atom stereocenters. The molecule has 30 heavy (non-hydrogen) atoms. The Balaban J connectivity index is 3.34. The van der Waals surface area contributed by atoms with Crippen molar-refractivity contribution in [3.05, 3.63) is 12.2 Å². The fourth-order valence-electron chi connectivity index (χ4n) is 3.16. The van der Waals surface area contributed by atoms with Crippen LogP contribution in [0.1, 0.15) is 110 Å². The number of aliphatic carboxylic acids is 1. The highest BCUT2D eigenvalue weighted by atomic mass is 16.4. The molecule has 0 spiro atoms. The van der Waals surface area contributed by atoms with E-state index in [1.54, 1.807) is 0 Å². The molecular formula is C24H44N2O4. The van der Waals surface area contributed by atoms with Gasteiger partial charge in [0.05, 0.1) is 6.42 Å². The number of hydrogen-bond donors (Lipinski definition) is 3. The third kappa shape index (κ3) is 22.4. The Hall–Kier alpha value is -1.85. The number of nitrogens with one attached hydrogen (secondary N) is 2. The predicted molar refractivity (Wildman–Crippen MR) is 122 cm³/mol. The lowest BCUT2D eigenvalue weighted by Crippen LogP contribution is -2.31. The number of amides is 2. The molecule has 0 saturated carbocycles. The van der Waals surface area contributed by atoms with Crippen LogP contribution in [-0.4, -0.2) is 36.0 Å². The second-order valence-corrected chi connectivity index (χ2v) is 7.93. The highest BCUT2D eigenvalue weighted by molar-refractivity contribution is 5.79. The predicted octanol–water partition coefficient (Wildman–Crippen LogP) is 5.12. The lowest BCUT2D eigenvalue weighted by Gasteiger charge is -2.06. The quantitative estimate of drug-likeness (QED) is 0.176. The first-order valence-electron chi connectivity index (χ1n) is 12.0. The molecule has 0 bridgehead atoms. The molecule has 0 aromatic heterocycles. The normalized spacial score (nSPS) is 11.0. The van der Waals surface area contributed by atoms with Crippen LogP contribution in [0, 0.1) is 0 Å². The van der Waals surface area contributed by atoms with E-state index < -0.39 is 5.97 Å². The highest BCUT2D eigenvalue weighted by Crippen LogP contribution is 2.09.